The summed E-state index contributed by atoms with van der Waals surface area (Å²) in [6.45, 7) is 2.34. The first-order valence-corrected chi connectivity index (χ1v) is 10.2. The Balaban J connectivity index is 2.11. The van der Waals surface area contributed by atoms with Crippen LogP contribution in [0.3, 0.4) is 0 Å². The van der Waals surface area contributed by atoms with Crippen LogP contribution >= 0.6 is 0 Å². The maximum Gasteiger partial charge on any atom is 0.303 e. The van der Waals surface area contributed by atoms with Crippen LogP contribution < -0.4 is 9.47 Å². The fourth-order valence-electron chi connectivity index (χ4n) is 3.00. The number of aromatic nitrogens is 1. The maximum absolute atomic E-state index is 13.2. The van der Waals surface area contributed by atoms with Gasteiger partial charge in [0.2, 0.25) is 0 Å². The SMILES string of the molecule is CCOc1ccc(S(=O)(=O)n2cc(CCC(=O)O)c3cc(OC)ccc32)cc1. The average Bonchev–Trinajstić information content (AvgIpc) is 3.05. The number of hydrogen-bond donors (Lipinski definition) is 1. The fraction of sp³-hybridized carbons (Fsp3) is 0.250. The first kappa shape index (κ1) is 19.8. The van der Waals surface area contributed by atoms with Gasteiger partial charge in [-0.2, -0.15) is 0 Å². The highest BCUT2D eigenvalue weighted by atomic mass is 32.2. The number of methoxy groups -OCH3 is 1. The van der Waals surface area contributed by atoms with Crippen molar-refractivity contribution in [2.75, 3.05) is 13.7 Å². The van der Waals surface area contributed by atoms with Gasteiger partial charge in [0.15, 0.2) is 0 Å². The van der Waals surface area contributed by atoms with E-state index in [1.165, 1.54) is 29.4 Å². The van der Waals surface area contributed by atoms with E-state index in [-0.39, 0.29) is 17.7 Å². The molecule has 1 heterocycles. The second-order valence-corrected chi connectivity index (χ2v) is 7.95. The largest absolute Gasteiger partial charge is 0.497 e. The molecule has 0 atom stereocenters. The lowest BCUT2D eigenvalue weighted by Crippen LogP contribution is -2.12. The molecule has 0 fully saturated rings. The summed E-state index contributed by atoms with van der Waals surface area (Å²) < 4.78 is 38.2. The van der Waals surface area contributed by atoms with Crippen molar-refractivity contribution in [3.8, 4) is 11.5 Å². The van der Waals surface area contributed by atoms with Gasteiger partial charge in [0.25, 0.3) is 10.0 Å². The number of carbonyl (C=O) groups is 1. The third kappa shape index (κ3) is 3.82. The normalized spacial score (nSPS) is 11.5. The third-order valence-electron chi connectivity index (χ3n) is 4.36. The van der Waals surface area contributed by atoms with Gasteiger partial charge in [-0.05, 0) is 61.4 Å². The summed E-state index contributed by atoms with van der Waals surface area (Å²) in [7, 11) is -2.34. The van der Waals surface area contributed by atoms with Crippen LogP contribution in [0.15, 0.2) is 53.6 Å². The summed E-state index contributed by atoms with van der Waals surface area (Å²) >= 11 is 0. The molecule has 28 heavy (non-hydrogen) atoms. The lowest BCUT2D eigenvalue weighted by Gasteiger charge is -2.09. The number of hydrogen-bond acceptors (Lipinski definition) is 5. The molecule has 0 aliphatic heterocycles. The molecule has 0 saturated heterocycles. The van der Waals surface area contributed by atoms with Crippen molar-refractivity contribution in [2.24, 2.45) is 0 Å². The summed E-state index contributed by atoms with van der Waals surface area (Å²) in [6, 6.07) is 11.3. The summed E-state index contributed by atoms with van der Waals surface area (Å²) in [5.41, 5.74) is 1.10. The van der Waals surface area contributed by atoms with Gasteiger partial charge >= 0.3 is 5.97 Å². The minimum atomic E-state index is -3.86. The first-order valence-electron chi connectivity index (χ1n) is 8.75. The highest BCUT2D eigenvalue weighted by Gasteiger charge is 2.22. The van der Waals surface area contributed by atoms with Crippen molar-refractivity contribution >= 4 is 26.9 Å². The second kappa shape index (κ2) is 7.93. The van der Waals surface area contributed by atoms with Gasteiger partial charge < -0.3 is 14.6 Å². The number of aryl methyl sites for hydroxylation is 1. The molecular formula is C20H21NO6S. The molecule has 1 N–H and O–H groups in total. The standard InChI is InChI=1S/C20H21NO6S/c1-3-27-15-5-8-17(9-6-15)28(24,25)21-13-14(4-11-20(22)23)18-12-16(26-2)7-10-19(18)21/h5-10,12-13H,3-4,11H2,1-2H3,(H,22,23). The van der Waals surface area contributed by atoms with Crippen molar-refractivity contribution in [3.63, 3.8) is 0 Å². The van der Waals surface area contributed by atoms with Crippen LogP contribution in [0.2, 0.25) is 0 Å². The Hall–Kier alpha value is -3.00. The predicted octanol–water partition coefficient (Wildman–Crippen LogP) is 3.30. The molecule has 3 rings (SSSR count). The van der Waals surface area contributed by atoms with Crippen LogP contribution in [0.1, 0.15) is 18.9 Å². The molecule has 2 aromatic carbocycles. The number of fused-ring (bicyclic) bond motifs is 1. The van der Waals surface area contributed by atoms with E-state index in [0.717, 1.165) is 0 Å². The van der Waals surface area contributed by atoms with Crippen molar-refractivity contribution in [1.82, 2.24) is 3.97 Å². The maximum atomic E-state index is 13.2. The zero-order valence-corrected chi connectivity index (χ0v) is 16.4. The minimum Gasteiger partial charge on any atom is -0.497 e. The van der Waals surface area contributed by atoms with E-state index in [9.17, 15) is 13.2 Å². The lowest BCUT2D eigenvalue weighted by molar-refractivity contribution is -0.136. The van der Waals surface area contributed by atoms with E-state index in [0.29, 0.717) is 34.6 Å². The summed E-state index contributed by atoms with van der Waals surface area (Å²) in [4.78, 5) is 11.1. The van der Waals surface area contributed by atoms with Crippen molar-refractivity contribution in [3.05, 3.63) is 54.2 Å². The number of aliphatic carboxylic acids is 1. The minimum absolute atomic E-state index is 0.0978. The quantitative estimate of drug-likeness (QED) is 0.620. The lowest BCUT2D eigenvalue weighted by atomic mass is 10.1. The van der Waals surface area contributed by atoms with Crippen LogP contribution in [0.4, 0.5) is 0 Å². The molecule has 0 unspecified atom stereocenters. The Labute approximate surface area is 163 Å². The average molecular weight is 403 g/mol. The van der Waals surface area contributed by atoms with Crippen LogP contribution in [0.25, 0.3) is 10.9 Å². The molecule has 0 spiro atoms. The van der Waals surface area contributed by atoms with Gasteiger partial charge in [-0.3, -0.25) is 4.79 Å². The Kier molecular flexibility index (Phi) is 5.60. The zero-order chi connectivity index (χ0) is 20.3. The van der Waals surface area contributed by atoms with Crippen molar-refractivity contribution in [2.45, 2.75) is 24.7 Å². The first-order chi connectivity index (χ1) is 13.4. The van der Waals surface area contributed by atoms with E-state index in [4.69, 9.17) is 14.6 Å². The van der Waals surface area contributed by atoms with E-state index in [1.807, 2.05) is 6.92 Å². The number of rotatable bonds is 8. The smallest absolute Gasteiger partial charge is 0.303 e. The molecule has 0 radical (unpaired) electrons. The Morgan fingerprint density at radius 1 is 1.11 bits per heavy atom. The number of carboxylic acids is 1. The topological polar surface area (TPSA) is 94.8 Å². The molecular weight excluding hydrogens is 382 g/mol. The Bertz CT molecular complexity index is 1100. The number of benzene rings is 2. The van der Waals surface area contributed by atoms with E-state index in [1.54, 1.807) is 30.3 Å². The molecule has 7 nitrogen and oxygen atoms in total. The van der Waals surface area contributed by atoms with Crippen LogP contribution in [0, 0.1) is 0 Å². The van der Waals surface area contributed by atoms with Gasteiger partial charge in [0.1, 0.15) is 11.5 Å². The van der Waals surface area contributed by atoms with E-state index in [2.05, 4.69) is 0 Å². The molecule has 3 aromatic rings. The van der Waals surface area contributed by atoms with Crippen molar-refractivity contribution in [1.29, 1.82) is 0 Å². The van der Waals surface area contributed by atoms with Gasteiger partial charge in [0, 0.05) is 18.0 Å². The number of nitrogens with zero attached hydrogens (tertiary/aromatic N) is 1. The van der Waals surface area contributed by atoms with Crippen molar-refractivity contribution < 1.29 is 27.8 Å². The van der Waals surface area contributed by atoms with Gasteiger partial charge in [-0.1, -0.05) is 0 Å². The molecule has 0 aliphatic carbocycles. The van der Waals surface area contributed by atoms with Gasteiger partial charge in [0.05, 0.1) is 24.1 Å². The van der Waals surface area contributed by atoms with Crippen LogP contribution in [-0.2, 0) is 21.2 Å². The summed E-state index contributed by atoms with van der Waals surface area (Å²) in [5, 5.41) is 9.65. The molecule has 0 amide bonds. The molecule has 8 heteroatoms. The Morgan fingerprint density at radius 3 is 2.39 bits per heavy atom. The highest BCUT2D eigenvalue weighted by molar-refractivity contribution is 7.90. The van der Waals surface area contributed by atoms with Gasteiger partial charge in [-0.15, -0.1) is 0 Å². The van der Waals surface area contributed by atoms with Crippen LogP contribution in [0.5, 0.6) is 11.5 Å². The van der Waals surface area contributed by atoms with Gasteiger partial charge in [-0.25, -0.2) is 12.4 Å². The summed E-state index contributed by atoms with van der Waals surface area (Å²) in [5.74, 6) is 0.212. The third-order valence-corrected chi connectivity index (χ3v) is 6.05. The molecule has 0 saturated carbocycles. The summed E-state index contributed by atoms with van der Waals surface area (Å²) in [6.07, 6.45) is 1.60. The van der Waals surface area contributed by atoms with Crippen LogP contribution in [-0.4, -0.2) is 37.2 Å². The fourth-order valence-corrected chi connectivity index (χ4v) is 4.39. The molecule has 1 aromatic heterocycles. The molecule has 0 aliphatic rings. The second-order valence-electron chi connectivity index (χ2n) is 6.14. The number of carboxylic acid groups (broad SMARTS) is 1. The van der Waals surface area contributed by atoms with E-state index < -0.39 is 16.0 Å². The predicted molar refractivity (Wildman–Crippen MR) is 105 cm³/mol. The highest BCUT2D eigenvalue weighted by Crippen LogP contribution is 2.30. The van der Waals surface area contributed by atoms with E-state index >= 15 is 0 Å². The monoisotopic (exact) mass is 403 g/mol. The molecule has 0 bridgehead atoms. The zero-order valence-electron chi connectivity index (χ0n) is 15.6. The number of ether oxygens (including phenoxy) is 2. The molecule has 148 valence electrons. The Morgan fingerprint density at radius 2 is 1.79 bits per heavy atom.